The van der Waals surface area contributed by atoms with E-state index in [-0.39, 0.29) is 23.5 Å². The van der Waals surface area contributed by atoms with Crippen LogP contribution in [0.5, 0.6) is 0 Å². The highest BCUT2D eigenvalue weighted by Crippen LogP contribution is 2.30. The lowest BCUT2D eigenvalue weighted by molar-refractivity contribution is -0.135. The summed E-state index contributed by atoms with van der Waals surface area (Å²) in [5.74, 6) is -0.971. The first-order valence-electron chi connectivity index (χ1n) is 8.54. The van der Waals surface area contributed by atoms with Gasteiger partial charge in [-0.25, -0.2) is 9.38 Å². The molecule has 0 aliphatic rings. The number of benzene rings is 2. The van der Waals surface area contributed by atoms with Gasteiger partial charge in [-0.15, -0.1) is 0 Å². The minimum atomic E-state index is -1.10. The fourth-order valence-corrected chi connectivity index (χ4v) is 2.69. The Morgan fingerprint density at radius 3 is 2.71 bits per heavy atom. The predicted octanol–water partition coefficient (Wildman–Crippen LogP) is 3.44. The number of guanidine groups is 1. The van der Waals surface area contributed by atoms with Crippen LogP contribution in [0.1, 0.15) is 24.2 Å². The van der Waals surface area contributed by atoms with Gasteiger partial charge in [0.2, 0.25) is 0 Å². The number of rotatable bonds is 6. The highest BCUT2D eigenvalue weighted by atomic mass is 19.1. The van der Waals surface area contributed by atoms with Crippen molar-refractivity contribution in [3.05, 3.63) is 71.7 Å². The highest BCUT2D eigenvalue weighted by molar-refractivity contribution is 5.92. The van der Waals surface area contributed by atoms with Crippen molar-refractivity contribution in [1.29, 1.82) is 0 Å². The van der Waals surface area contributed by atoms with E-state index in [1.54, 1.807) is 12.1 Å². The molecule has 144 valence electrons. The van der Waals surface area contributed by atoms with Crippen LogP contribution in [0.2, 0.25) is 0 Å². The van der Waals surface area contributed by atoms with Gasteiger partial charge < -0.3 is 20.7 Å². The second-order valence-electron chi connectivity index (χ2n) is 6.16. The van der Waals surface area contributed by atoms with Crippen LogP contribution < -0.4 is 11.1 Å². The molecule has 0 saturated carbocycles. The summed E-state index contributed by atoms with van der Waals surface area (Å²) in [6, 6.07) is 16.0. The fraction of sp³-hybridized carbons (Fsp3) is 0.150. The molecule has 3 rings (SSSR count). The molecule has 8 heteroatoms. The quantitative estimate of drug-likeness (QED) is 0.444. The maximum absolute atomic E-state index is 14.6. The molecule has 0 radical (unpaired) electrons. The number of anilines is 1. The molecule has 1 aromatic heterocycles. The summed E-state index contributed by atoms with van der Waals surface area (Å²) < 4.78 is 19.9. The van der Waals surface area contributed by atoms with E-state index >= 15 is 0 Å². The average Bonchev–Trinajstić information content (AvgIpc) is 3.14. The molecule has 2 aromatic carbocycles. The average molecular weight is 382 g/mol. The number of aliphatic imine (C=N–C) groups is 1. The van der Waals surface area contributed by atoms with E-state index in [4.69, 9.17) is 15.4 Å². The molecule has 1 unspecified atom stereocenters. The van der Waals surface area contributed by atoms with E-state index in [9.17, 15) is 9.18 Å². The van der Waals surface area contributed by atoms with Crippen LogP contribution in [0.15, 0.2) is 64.1 Å². The molecule has 0 fully saturated rings. The Hall–Kier alpha value is -3.68. The van der Waals surface area contributed by atoms with Gasteiger partial charge in [0, 0.05) is 17.5 Å². The third-order valence-corrected chi connectivity index (χ3v) is 4.17. The number of carboxylic acids is 1. The van der Waals surface area contributed by atoms with Crippen molar-refractivity contribution >= 4 is 17.7 Å². The first-order chi connectivity index (χ1) is 13.4. The van der Waals surface area contributed by atoms with Crippen molar-refractivity contribution in [3.63, 3.8) is 0 Å². The van der Waals surface area contributed by atoms with Crippen molar-refractivity contribution in [2.45, 2.75) is 12.8 Å². The molecular weight excluding hydrogens is 363 g/mol. The second-order valence-corrected chi connectivity index (χ2v) is 6.16. The van der Waals surface area contributed by atoms with Crippen LogP contribution >= 0.6 is 0 Å². The Bertz CT molecular complexity index is 1000. The van der Waals surface area contributed by atoms with Crippen molar-refractivity contribution in [3.8, 4) is 11.1 Å². The van der Waals surface area contributed by atoms with Crippen LogP contribution in [0, 0.1) is 5.82 Å². The van der Waals surface area contributed by atoms with E-state index in [2.05, 4.69) is 15.5 Å². The summed E-state index contributed by atoms with van der Waals surface area (Å²) in [4.78, 5) is 14.1. The van der Waals surface area contributed by atoms with Crippen molar-refractivity contribution < 1.29 is 18.8 Å². The number of carbonyl (C=O) groups is 1. The van der Waals surface area contributed by atoms with Crippen molar-refractivity contribution in [2.75, 3.05) is 11.9 Å². The number of halogens is 1. The van der Waals surface area contributed by atoms with Crippen molar-refractivity contribution in [1.82, 2.24) is 5.16 Å². The topological polar surface area (TPSA) is 114 Å². The molecule has 1 atom stereocenters. The highest BCUT2D eigenvalue weighted by Gasteiger charge is 2.17. The number of aromatic nitrogens is 1. The van der Waals surface area contributed by atoms with Gasteiger partial charge in [-0.2, -0.15) is 0 Å². The van der Waals surface area contributed by atoms with Gasteiger partial charge in [0.25, 0.3) is 0 Å². The molecule has 0 spiro atoms. The van der Waals surface area contributed by atoms with E-state index in [0.717, 1.165) is 11.1 Å². The summed E-state index contributed by atoms with van der Waals surface area (Å²) >= 11 is 0. The third kappa shape index (κ3) is 4.53. The van der Waals surface area contributed by atoms with E-state index in [1.807, 2.05) is 43.3 Å². The zero-order valence-corrected chi connectivity index (χ0v) is 15.1. The Morgan fingerprint density at radius 2 is 2.04 bits per heavy atom. The van der Waals surface area contributed by atoms with Gasteiger partial charge in [0.05, 0.1) is 0 Å². The second kappa shape index (κ2) is 8.34. The predicted molar refractivity (Wildman–Crippen MR) is 104 cm³/mol. The Morgan fingerprint density at radius 1 is 1.29 bits per heavy atom. The Kier molecular flexibility index (Phi) is 5.69. The molecule has 0 saturated heterocycles. The van der Waals surface area contributed by atoms with Crippen molar-refractivity contribution in [2.24, 2.45) is 10.7 Å². The van der Waals surface area contributed by atoms with E-state index in [1.165, 1.54) is 6.07 Å². The number of hydrogen-bond acceptors (Lipinski definition) is 4. The van der Waals surface area contributed by atoms with Gasteiger partial charge in [-0.3, -0.25) is 4.79 Å². The maximum Gasteiger partial charge on any atom is 0.325 e. The molecular formula is C20H19FN4O3. The van der Waals surface area contributed by atoms with Gasteiger partial charge >= 0.3 is 5.97 Å². The number of nitrogens with one attached hydrogen (secondary N) is 1. The van der Waals surface area contributed by atoms with Crippen LogP contribution in [0.4, 0.5) is 10.2 Å². The largest absolute Gasteiger partial charge is 0.480 e. The van der Waals surface area contributed by atoms with E-state index < -0.39 is 12.5 Å². The number of aliphatic carboxylic acids is 1. The van der Waals surface area contributed by atoms with Gasteiger partial charge in [-0.05, 0) is 17.2 Å². The van der Waals surface area contributed by atoms with Crippen LogP contribution in [-0.4, -0.2) is 28.7 Å². The zero-order chi connectivity index (χ0) is 20.1. The summed E-state index contributed by atoms with van der Waals surface area (Å²) in [6.45, 7) is 1.41. The summed E-state index contributed by atoms with van der Waals surface area (Å²) in [6.07, 6.45) is 0. The standard InChI is InChI=1S/C20H19FN4O3/c1-12(17-10-18(25-28-17)24-20(22)23-11-19(26)27)14-7-8-15(16(21)9-14)13-5-3-2-4-6-13/h2-10,12H,11H2,1H3,(H,26,27)(H3,22,23,24,25). The molecule has 1 heterocycles. The molecule has 7 nitrogen and oxygen atoms in total. The van der Waals surface area contributed by atoms with Gasteiger partial charge in [0.1, 0.15) is 18.1 Å². The molecule has 3 aromatic rings. The van der Waals surface area contributed by atoms with Crippen LogP contribution in [-0.2, 0) is 4.79 Å². The molecule has 0 bridgehead atoms. The Balaban J connectivity index is 1.75. The molecule has 4 N–H and O–H groups in total. The lowest BCUT2D eigenvalue weighted by Gasteiger charge is -2.10. The fourth-order valence-electron chi connectivity index (χ4n) is 2.69. The molecule has 0 aliphatic carbocycles. The molecule has 0 aliphatic heterocycles. The van der Waals surface area contributed by atoms with Crippen LogP contribution in [0.25, 0.3) is 11.1 Å². The number of nitrogens with two attached hydrogens (primary N) is 1. The Labute approximate surface area is 160 Å². The minimum Gasteiger partial charge on any atom is -0.480 e. The van der Waals surface area contributed by atoms with E-state index in [0.29, 0.717) is 11.3 Å². The molecule has 28 heavy (non-hydrogen) atoms. The van der Waals surface area contributed by atoms with Gasteiger partial charge in [-0.1, -0.05) is 54.5 Å². The van der Waals surface area contributed by atoms with Gasteiger partial charge in [0.15, 0.2) is 11.8 Å². The smallest absolute Gasteiger partial charge is 0.325 e. The third-order valence-electron chi connectivity index (χ3n) is 4.17. The maximum atomic E-state index is 14.6. The lowest BCUT2D eigenvalue weighted by atomic mass is 9.95. The normalized spacial score (nSPS) is 12.6. The lowest BCUT2D eigenvalue weighted by Crippen LogP contribution is -2.24. The zero-order valence-electron chi connectivity index (χ0n) is 15.1. The first-order valence-corrected chi connectivity index (χ1v) is 8.54. The summed E-state index contributed by atoms with van der Waals surface area (Å²) in [5.41, 5.74) is 7.65. The number of carboxylic acid groups (broad SMARTS) is 1. The molecule has 0 amide bonds. The SMILES string of the molecule is CC(c1ccc(-c2ccccc2)c(F)c1)c1cc(NC(N)=NCC(=O)O)no1. The number of hydrogen-bond donors (Lipinski definition) is 3. The monoisotopic (exact) mass is 382 g/mol. The number of nitrogens with zero attached hydrogens (tertiary/aromatic N) is 2. The first kappa shape index (κ1) is 19.1. The summed E-state index contributed by atoms with van der Waals surface area (Å²) in [5, 5.41) is 15.1. The minimum absolute atomic E-state index is 0.0897. The summed E-state index contributed by atoms with van der Waals surface area (Å²) in [7, 11) is 0. The van der Waals surface area contributed by atoms with Crippen LogP contribution in [0.3, 0.4) is 0 Å².